The van der Waals surface area contributed by atoms with Crippen molar-refractivity contribution in [1.29, 1.82) is 0 Å². The molecule has 0 saturated heterocycles. The van der Waals surface area contributed by atoms with E-state index in [9.17, 15) is 0 Å². The predicted molar refractivity (Wildman–Crippen MR) is 92.3 cm³/mol. The molecule has 0 bridgehead atoms. The second-order valence-electron chi connectivity index (χ2n) is 4.81. The van der Waals surface area contributed by atoms with Crippen molar-refractivity contribution in [2.75, 3.05) is 0 Å². The number of halogens is 2. The summed E-state index contributed by atoms with van der Waals surface area (Å²) in [6, 6.07) is 14.8. The highest BCUT2D eigenvalue weighted by atomic mass is 127. The summed E-state index contributed by atoms with van der Waals surface area (Å²) in [5, 5.41) is 0. The molecule has 0 aliphatic rings. The van der Waals surface area contributed by atoms with Gasteiger partial charge in [-0.2, -0.15) is 0 Å². The van der Waals surface area contributed by atoms with Crippen LogP contribution in [-0.2, 0) is 12.4 Å². The molecule has 20 heavy (non-hydrogen) atoms. The average molecular weight is 397 g/mol. The van der Waals surface area contributed by atoms with Gasteiger partial charge in [0.25, 0.3) is 0 Å². The van der Waals surface area contributed by atoms with E-state index in [1.807, 2.05) is 0 Å². The van der Waals surface area contributed by atoms with E-state index in [4.69, 9.17) is 11.6 Å². The quantitative estimate of drug-likeness (QED) is 0.462. The Labute approximate surface area is 136 Å². The Bertz CT molecular complexity index is 764. The number of imidazole rings is 1. The number of alkyl halides is 1. The fourth-order valence-electron chi connectivity index (χ4n) is 2.39. The van der Waals surface area contributed by atoms with Gasteiger partial charge in [0.05, 0.1) is 16.9 Å². The summed E-state index contributed by atoms with van der Waals surface area (Å²) in [4.78, 5) is 4.64. The average Bonchev–Trinajstić information content (AvgIpc) is 2.78. The Balaban J connectivity index is 2.12. The molecule has 0 radical (unpaired) electrons. The van der Waals surface area contributed by atoms with Crippen LogP contribution in [0.4, 0.5) is 0 Å². The van der Waals surface area contributed by atoms with Gasteiger partial charge in [0.15, 0.2) is 0 Å². The van der Waals surface area contributed by atoms with Crippen LogP contribution in [0.15, 0.2) is 42.5 Å². The van der Waals surface area contributed by atoms with Crippen molar-refractivity contribution in [3.05, 3.63) is 63.0 Å². The number of rotatable bonds is 3. The number of nitrogens with zero attached hydrogens (tertiary/aromatic N) is 2. The summed E-state index contributed by atoms with van der Waals surface area (Å²) in [7, 11) is 0. The van der Waals surface area contributed by atoms with E-state index in [1.54, 1.807) is 0 Å². The molecule has 2 nitrogen and oxygen atoms in total. The molecule has 1 heterocycles. The minimum Gasteiger partial charge on any atom is -0.322 e. The van der Waals surface area contributed by atoms with E-state index in [-0.39, 0.29) is 0 Å². The fraction of sp³-hybridized carbons (Fsp3) is 0.188. The smallest absolute Gasteiger partial charge is 0.125 e. The van der Waals surface area contributed by atoms with Gasteiger partial charge >= 0.3 is 0 Å². The summed E-state index contributed by atoms with van der Waals surface area (Å²) < 4.78 is 3.40. The molecular formula is C16H14ClIN2. The Hall–Kier alpha value is -1.07. The van der Waals surface area contributed by atoms with Gasteiger partial charge in [-0.3, -0.25) is 0 Å². The van der Waals surface area contributed by atoms with Crippen molar-refractivity contribution >= 4 is 45.2 Å². The van der Waals surface area contributed by atoms with Gasteiger partial charge in [0.1, 0.15) is 5.82 Å². The molecule has 2 aromatic carbocycles. The number of aromatic nitrogens is 2. The van der Waals surface area contributed by atoms with E-state index in [2.05, 4.69) is 81.5 Å². The first kappa shape index (κ1) is 13.9. The van der Waals surface area contributed by atoms with Crippen molar-refractivity contribution in [2.24, 2.45) is 0 Å². The minimum absolute atomic E-state index is 0.428. The molecule has 1 aromatic heterocycles. The third-order valence-electron chi connectivity index (χ3n) is 3.50. The Morgan fingerprint density at radius 3 is 2.75 bits per heavy atom. The highest BCUT2D eigenvalue weighted by molar-refractivity contribution is 14.1. The standard InChI is InChI=1S/C16H14ClIN2/c1-11-4-2-3-5-12(11)10-20-15-7-6-13(18)8-14(15)19-16(20)9-17/h2-8H,9-10H2,1H3. The van der Waals surface area contributed by atoms with Crippen molar-refractivity contribution < 1.29 is 0 Å². The van der Waals surface area contributed by atoms with Gasteiger partial charge in [-0.05, 0) is 58.8 Å². The zero-order valence-corrected chi connectivity index (χ0v) is 14.0. The molecule has 0 fully saturated rings. The number of benzene rings is 2. The van der Waals surface area contributed by atoms with E-state index >= 15 is 0 Å². The topological polar surface area (TPSA) is 17.8 Å². The molecule has 3 rings (SSSR count). The van der Waals surface area contributed by atoms with Crippen molar-refractivity contribution in [1.82, 2.24) is 9.55 Å². The maximum atomic E-state index is 6.06. The van der Waals surface area contributed by atoms with Gasteiger partial charge in [0.2, 0.25) is 0 Å². The zero-order chi connectivity index (χ0) is 14.1. The second kappa shape index (κ2) is 5.74. The molecule has 102 valence electrons. The molecule has 0 amide bonds. The maximum absolute atomic E-state index is 6.06. The van der Waals surface area contributed by atoms with Crippen LogP contribution in [0.3, 0.4) is 0 Å². The second-order valence-corrected chi connectivity index (χ2v) is 6.32. The summed E-state index contributed by atoms with van der Waals surface area (Å²) in [5.41, 5.74) is 4.75. The first-order valence-corrected chi connectivity index (χ1v) is 8.05. The Morgan fingerprint density at radius 2 is 2.00 bits per heavy atom. The first-order chi connectivity index (χ1) is 9.69. The van der Waals surface area contributed by atoms with Crippen molar-refractivity contribution in [3.8, 4) is 0 Å². The van der Waals surface area contributed by atoms with E-state index < -0.39 is 0 Å². The SMILES string of the molecule is Cc1ccccc1Cn1c(CCl)nc2cc(I)ccc21. The third-order valence-corrected chi connectivity index (χ3v) is 4.41. The van der Waals surface area contributed by atoms with E-state index in [1.165, 1.54) is 14.7 Å². The maximum Gasteiger partial charge on any atom is 0.125 e. The van der Waals surface area contributed by atoms with Crippen LogP contribution in [0.2, 0.25) is 0 Å². The highest BCUT2D eigenvalue weighted by Gasteiger charge is 2.11. The monoisotopic (exact) mass is 396 g/mol. The summed E-state index contributed by atoms with van der Waals surface area (Å²) in [6.07, 6.45) is 0. The number of fused-ring (bicyclic) bond motifs is 1. The van der Waals surface area contributed by atoms with E-state index in [0.717, 1.165) is 23.4 Å². The summed E-state index contributed by atoms with van der Waals surface area (Å²) in [6.45, 7) is 2.95. The summed E-state index contributed by atoms with van der Waals surface area (Å²) in [5.74, 6) is 1.35. The first-order valence-electron chi connectivity index (χ1n) is 6.44. The largest absolute Gasteiger partial charge is 0.322 e. The third kappa shape index (κ3) is 2.56. The molecule has 3 aromatic rings. The number of hydrogen-bond acceptors (Lipinski definition) is 1. The van der Waals surface area contributed by atoms with Crippen LogP contribution < -0.4 is 0 Å². The van der Waals surface area contributed by atoms with Gasteiger partial charge in [-0.15, -0.1) is 11.6 Å². The number of aryl methyl sites for hydroxylation is 1. The molecule has 0 N–H and O–H groups in total. The summed E-state index contributed by atoms with van der Waals surface area (Å²) >= 11 is 8.37. The van der Waals surface area contributed by atoms with Gasteiger partial charge in [-0.25, -0.2) is 4.98 Å². The lowest BCUT2D eigenvalue weighted by atomic mass is 10.1. The minimum atomic E-state index is 0.428. The lowest BCUT2D eigenvalue weighted by Gasteiger charge is -2.10. The van der Waals surface area contributed by atoms with Gasteiger partial charge in [0, 0.05) is 10.1 Å². The van der Waals surface area contributed by atoms with Crippen molar-refractivity contribution in [2.45, 2.75) is 19.3 Å². The van der Waals surface area contributed by atoms with E-state index in [0.29, 0.717) is 5.88 Å². The molecule has 0 unspecified atom stereocenters. The Morgan fingerprint density at radius 1 is 1.20 bits per heavy atom. The van der Waals surface area contributed by atoms with Crippen LogP contribution in [0.1, 0.15) is 17.0 Å². The molecule has 4 heteroatoms. The zero-order valence-electron chi connectivity index (χ0n) is 11.1. The van der Waals surface area contributed by atoms with Crippen LogP contribution in [-0.4, -0.2) is 9.55 Å². The Kier molecular flexibility index (Phi) is 3.98. The molecule has 0 aliphatic heterocycles. The van der Waals surface area contributed by atoms with Crippen molar-refractivity contribution in [3.63, 3.8) is 0 Å². The van der Waals surface area contributed by atoms with Gasteiger partial charge < -0.3 is 4.57 Å². The van der Waals surface area contributed by atoms with Crippen LogP contribution in [0.25, 0.3) is 11.0 Å². The fourth-order valence-corrected chi connectivity index (χ4v) is 3.07. The molecule has 0 atom stereocenters. The number of hydrogen-bond donors (Lipinski definition) is 0. The lowest BCUT2D eigenvalue weighted by Crippen LogP contribution is -2.05. The molecular weight excluding hydrogens is 383 g/mol. The van der Waals surface area contributed by atoms with Crippen LogP contribution in [0, 0.1) is 10.5 Å². The van der Waals surface area contributed by atoms with Crippen LogP contribution >= 0.6 is 34.2 Å². The molecule has 0 aliphatic carbocycles. The normalized spacial score (nSPS) is 11.2. The molecule has 0 spiro atoms. The molecule has 0 saturated carbocycles. The van der Waals surface area contributed by atoms with Gasteiger partial charge in [-0.1, -0.05) is 24.3 Å². The van der Waals surface area contributed by atoms with Crippen LogP contribution in [0.5, 0.6) is 0 Å². The predicted octanol–water partition coefficient (Wildman–Crippen LogP) is 4.74. The lowest BCUT2D eigenvalue weighted by molar-refractivity contribution is 0.774. The highest BCUT2D eigenvalue weighted by Crippen LogP contribution is 2.22.